The molecule has 264 valence electrons. The predicted octanol–water partition coefficient (Wildman–Crippen LogP) is 11.5. The fourth-order valence-corrected chi connectivity index (χ4v) is 14.2. The van der Waals surface area contributed by atoms with Crippen molar-refractivity contribution in [3.05, 3.63) is 237 Å². The second-order valence-corrected chi connectivity index (χ2v) is 18.2. The molecule has 1 heterocycles. The van der Waals surface area contributed by atoms with Crippen molar-refractivity contribution in [1.82, 2.24) is 0 Å². The molecule has 0 saturated heterocycles. The summed E-state index contributed by atoms with van der Waals surface area (Å²) < 4.78 is 0. The molecule has 0 aromatic heterocycles. The first-order chi connectivity index (χ1) is 27.8. The molecule has 0 aliphatic carbocycles. The minimum Gasteiger partial charge on any atom is -0.311 e. The standard InChI is InChI=1S/C54H39NSi/c1-5-16-40(17-6-1)42-28-30-43(31-29-42)45-34-38-47(39-35-45)55(46-36-32-44(33-37-46)41-18-7-2-8-19-41)52-26-15-25-51-50-24-13-14-27-53(50)56(54(51)52,48-20-9-3-10-21-48)49-22-11-4-12-23-49/h1-39H. The van der Waals surface area contributed by atoms with Gasteiger partial charge in [0.15, 0.2) is 8.07 Å². The summed E-state index contributed by atoms with van der Waals surface area (Å²) in [5.41, 5.74) is 13.4. The molecule has 0 atom stereocenters. The number of hydrogen-bond acceptors (Lipinski definition) is 1. The molecule has 1 aliphatic heterocycles. The second kappa shape index (κ2) is 14.3. The number of nitrogens with zero attached hydrogens (tertiary/aromatic N) is 1. The molecule has 1 nitrogen and oxygen atoms in total. The van der Waals surface area contributed by atoms with Crippen LogP contribution in [-0.2, 0) is 0 Å². The first-order valence-corrected chi connectivity index (χ1v) is 21.3. The van der Waals surface area contributed by atoms with Gasteiger partial charge in [-0.1, -0.05) is 206 Å². The maximum Gasteiger partial charge on any atom is 0.183 e. The van der Waals surface area contributed by atoms with Crippen molar-refractivity contribution in [3.8, 4) is 44.5 Å². The van der Waals surface area contributed by atoms with Gasteiger partial charge in [-0.25, -0.2) is 0 Å². The van der Waals surface area contributed by atoms with E-state index in [0.29, 0.717) is 0 Å². The molecule has 0 N–H and O–H groups in total. The van der Waals surface area contributed by atoms with Crippen LogP contribution in [0.2, 0.25) is 0 Å². The Balaban J connectivity index is 1.17. The molecule has 0 fully saturated rings. The highest BCUT2D eigenvalue weighted by molar-refractivity contribution is 7.22. The Morgan fingerprint density at radius 3 is 1.09 bits per heavy atom. The Labute approximate surface area is 330 Å². The zero-order chi connectivity index (χ0) is 37.3. The summed E-state index contributed by atoms with van der Waals surface area (Å²) in [4.78, 5) is 2.50. The lowest BCUT2D eigenvalue weighted by Gasteiger charge is -2.36. The van der Waals surface area contributed by atoms with E-state index in [1.54, 1.807) is 0 Å². The predicted molar refractivity (Wildman–Crippen MR) is 240 cm³/mol. The number of hydrogen-bond donors (Lipinski definition) is 0. The van der Waals surface area contributed by atoms with E-state index in [-0.39, 0.29) is 0 Å². The van der Waals surface area contributed by atoms with Crippen molar-refractivity contribution >= 4 is 45.9 Å². The number of benzene rings is 9. The first-order valence-electron chi connectivity index (χ1n) is 19.3. The van der Waals surface area contributed by atoms with E-state index >= 15 is 0 Å². The quantitative estimate of drug-likeness (QED) is 0.141. The molecular formula is C54H39NSi. The third-order valence-corrected chi connectivity index (χ3v) is 16.3. The minimum absolute atomic E-state index is 1.12. The Kier molecular flexibility index (Phi) is 8.59. The van der Waals surface area contributed by atoms with Gasteiger partial charge in [0, 0.05) is 17.1 Å². The highest BCUT2D eigenvalue weighted by Crippen LogP contribution is 2.41. The van der Waals surface area contributed by atoms with Crippen LogP contribution < -0.4 is 25.6 Å². The van der Waals surface area contributed by atoms with Crippen LogP contribution in [0, 0.1) is 0 Å². The summed E-state index contributed by atoms with van der Waals surface area (Å²) in [6.07, 6.45) is 0. The van der Waals surface area contributed by atoms with Crippen molar-refractivity contribution in [2.75, 3.05) is 4.90 Å². The van der Waals surface area contributed by atoms with Gasteiger partial charge in [0.25, 0.3) is 0 Å². The van der Waals surface area contributed by atoms with Gasteiger partial charge in [0.2, 0.25) is 0 Å². The molecule has 1 aliphatic rings. The van der Waals surface area contributed by atoms with E-state index in [4.69, 9.17) is 0 Å². The van der Waals surface area contributed by atoms with Crippen LogP contribution in [0.15, 0.2) is 237 Å². The van der Waals surface area contributed by atoms with Crippen LogP contribution in [0.3, 0.4) is 0 Å². The maximum atomic E-state index is 2.50. The van der Waals surface area contributed by atoms with Gasteiger partial charge in [0.05, 0.1) is 0 Å². The number of anilines is 3. The van der Waals surface area contributed by atoms with Crippen molar-refractivity contribution in [1.29, 1.82) is 0 Å². The lowest BCUT2D eigenvalue weighted by Crippen LogP contribution is -2.73. The van der Waals surface area contributed by atoms with E-state index in [1.807, 2.05) is 0 Å². The summed E-state index contributed by atoms with van der Waals surface area (Å²) in [6, 6.07) is 87.0. The molecule has 0 amide bonds. The fraction of sp³-hybridized carbons (Fsp3) is 0. The Hall–Kier alpha value is -7.00. The van der Waals surface area contributed by atoms with Crippen LogP contribution in [0.4, 0.5) is 17.1 Å². The third-order valence-electron chi connectivity index (χ3n) is 11.4. The van der Waals surface area contributed by atoms with E-state index in [0.717, 1.165) is 11.4 Å². The lowest BCUT2D eigenvalue weighted by molar-refractivity contribution is 1.29. The molecule has 56 heavy (non-hydrogen) atoms. The molecule has 0 unspecified atom stereocenters. The largest absolute Gasteiger partial charge is 0.311 e. The average molecular weight is 730 g/mol. The fourth-order valence-electron chi connectivity index (χ4n) is 8.82. The average Bonchev–Trinajstić information content (AvgIpc) is 3.60. The van der Waals surface area contributed by atoms with E-state index in [9.17, 15) is 0 Å². The van der Waals surface area contributed by atoms with Crippen LogP contribution in [0.5, 0.6) is 0 Å². The van der Waals surface area contributed by atoms with Crippen LogP contribution >= 0.6 is 0 Å². The molecule has 9 aromatic rings. The summed E-state index contributed by atoms with van der Waals surface area (Å²) in [7, 11) is -2.80. The van der Waals surface area contributed by atoms with Crippen LogP contribution in [0.25, 0.3) is 44.5 Å². The van der Waals surface area contributed by atoms with Crippen molar-refractivity contribution in [3.63, 3.8) is 0 Å². The molecule has 0 saturated carbocycles. The molecule has 0 bridgehead atoms. The third kappa shape index (κ3) is 5.71. The maximum absolute atomic E-state index is 2.80. The highest BCUT2D eigenvalue weighted by Gasteiger charge is 2.50. The van der Waals surface area contributed by atoms with Gasteiger partial charge in [-0.15, -0.1) is 0 Å². The van der Waals surface area contributed by atoms with Crippen molar-refractivity contribution < 1.29 is 0 Å². The summed E-state index contributed by atoms with van der Waals surface area (Å²) in [6.45, 7) is 0. The molecule has 9 aromatic carbocycles. The van der Waals surface area contributed by atoms with Crippen LogP contribution in [0.1, 0.15) is 0 Å². The van der Waals surface area contributed by atoms with E-state index in [2.05, 4.69) is 241 Å². The highest BCUT2D eigenvalue weighted by atomic mass is 28.3. The Bertz CT molecular complexity index is 2700. The molecule has 0 radical (unpaired) electrons. The smallest absolute Gasteiger partial charge is 0.183 e. The van der Waals surface area contributed by atoms with Gasteiger partial charge in [-0.05, 0) is 95.6 Å². The molecule has 0 spiro atoms. The molecular weight excluding hydrogens is 691 g/mol. The summed E-state index contributed by atoms with van der Waals surface area (Å²) in [5.74, 6) is 0. The molecule has 2 heteroatoms. The van der Waals surface area contributed by atoms with Crippen molar-refractivity contribution in [2.45, 2.75) is 0 Å². The summed E-state index contributed by atoms with van der Waals surface area (Å²) >= 11 is 0. The van der Waals surface area contributed by atoms with E-state index in [1.165, 1.54) is 70.9 Å². The zero-order valence-electron chi connectivity index (χ0n) is 31.0. The van der Waals surface area contributed by atoms with Gasteiger partial charge in [-0.3, -0.25) is 0 Å². The van der Waals surface area contributed by atoms with Crippen molar-refractivity contribution in [2.24, 2.45) is 0 Å². The molecule has 10 rings (SSSR count). The van der Waals surface area contributed by atoms with E-state index < -0.39 is 8.07 Å². The van der Waals surface area contributed by atoms with Crippen LogP contribution in [-0.4, -0.2) is 8.07 Å². The summed E-state index contributed by atoms with van der Waals surface area (Å²) in [5, 5.41) is 5.64. The topological polar surface area (TPSA) is 3.24 Å². The second-order valence-electron chi connectivity index (χ2n) is 14.5. The first kappa shape index (κ1) is 33.6. The number of fused-ring (bicyclic) bond motifs is 3. The van der Waals surface area contributed by atoms with Gasteiger partial charge >= 0.3 is 0 Å². The number of rotatable bonds is 8. The van der Waals surface area contributed by atoms with Gasteiger partial charge in [-0.2, -0.15) is 0 Å². The Morgan fingerprint density at radius 2 is 0.625 bits per heavy atom. The monoisotopic (exact) mass is 729 g/mol. The SMILES string of the molecule is c1ccc(-c2ccc(-c3ccc(N(c4ccc(-c5ccccc5)cc4)c4cccc5c4[Si](c4ccccc4)(c4ccccc4)c4ccccc4-5)cc3)cc2)cc1. The van der Waals surface area contributed by atoms with Gasteiger partial charge in [0.1, 0.15) is 0 Å². The Morgan fingerprint density at radius 1 is 0.268 bits per heavy atom. The minimum atomic E-state index is -2.80. The van der Waals surface area contributed by atoms with Gasteiger partial charge < -0.3 is 4.90 Å². The normalized spacial score (nSPS) is 12.4. The zero-order valence-corrected chi connectivity index (χ0v) is 32.0. The lowest BCUT2D eigenvalue weighted by atomic mass is 10.00.